The van der Waals surface area contributed by atoms with Crippen LogP contribution in [-0.2, 0) is 0 Å². The summed E-state index contributed by atoms with van der Waals surface area (Å²) in [7, 11) is 0. The third kappa shape index (κ3) is 4.34. The minimum absolute atomic E-state index is 0.649. The van der Waals surface area contributed by atoms with E-state index >= 15 is 0 Å². The molecule has 1 aromatic carbocycles. The van der Waals surface area contributed by atoms with Gasteiger partial charge in [-0.15, -0.1) is 0 Å². The van der Waals surface area contributed by atoms with Gasteiger partial charge in [0.15, 0.2) is 0 Å². The van der Waals surface area contributed by atoms with Crippen molar-refractivity contribution in [2.45, 2.75) is 27.2 Å². The average molecular weight is 286 g/mol. The van der Waals surface area contributed by atoms with E-state index in [1.54, 1.807) is 0 Å². The van der Waals surface area contributed by atoms with Crippen LogP contribution in [0.1, 0.15) is 25.8 Å². The zero-order valence-electron chi connectivity index (χ0n) is 12.8. The molecule has 2 aromatic rings. The number of aryl methyl sites for hydroxylation is 1. The van der Waals surface area contributed by atoms with Gasteiger partial charge in [-0.2, -0.15) is 4.98 Å². The van der Waals surface area contributed by atoms with Gasteiger partial charge in [-0.1, -0.05) is 6.92 Å². The quantitative estimate of drug-likeness (QED) is 0.811. The lowest BCUT2D eigenvalue weighted by molar-refractivity contribution is 0.340. The van der Waals surface area contributed by atoms with E-state index in [1.165, 1.54) is 0 Å². The van der Waals surface area contributed by atoms with E-state index in [-0.39, 0.29) is 0 Å². The van der Waals surface area contributed by atoms with Crippen LogP contribution in [0.2, 0.25) is 0 Å². The first-order valence-electron chi connectivity index (χ1n) is 7.30. The summed E-state index contributed by atoms with van der Waals surface area (Å²) in [6.45, 7) is 7.61. The Hall–Kier alpha value is -2.30. The molecule has 112 valence electrons. The van der Waals surface area contributed by atoms with Crippen LogP contribution in [0.3, 0.4) is 0 Å². The van der Waals surface area contributed by atoms with Crippen molar-refractivity contribution in [3.05, 3.63) is 36.0 Å². The van der Waals surface area contributed by atoms with Crippen LogP contribution in [-0.4, -0.2) is 23.1 Å². The third-order valence-electron chi connectivity index (χ3n) is 2.93. The first kappa shape index (κ1) is 15.1. The SMILES string of the molecule is CCCNc1ncc(C)c(Nc2ccc(OCC)cc2)n1. The van der Waals surface area contributed by atoms with Crippen molar-refractivity contribution in [2.75, 3.05) is 23.8 Å². The molecule has 0 unspecified atom stereocenters. The second-order valence-corrected chi connectivity index (χ2v) is 4.73. The second-order valence-electron chi connectivity index (χ2n) is 4.73. The fraction of sp³-hybridized carbons (Fsp3) is 0.375. The van der Waals surface area contributed by atoms with E-state index in [0.717, 1.165) is 35.8 Å². The average Bonchev–Trinajstić information content (AvgIpc) is 2.50. The van der Waals surface area contributed by atoms with E-state index < -0.39 is 0 Å². The van der Waals surface area contributed by atoms with Gasteiger partial charge in [-0.05, 0) is 44.5 Å². The smallest absolute Gasteiger partial charge is 0.224 e. The summed E-state index contributed by atoms with van der Waals surface area (Å²) in [6.07, 6.45) is 2.86. The maximum atomic E-state index is 5.43. The highest BCUT2D eigenvalue weighted by molar-refractivity contribution is 5.60. The normalized spacial score (nSPS) is 10.2. The molecule has 5 nitrogen and oxygen atoms in total. The van der Waals surface area contributed by atoms with Gasteiger partial charge in [0.05, 0.1) is 6.61 Å². The van der Waals surface area contributed by atoms with Crippen LogP contribution in [0.25, 0.3) is 0 Å². The molecule has 0 aliphatic carbocycles. The molecular weight excluding hydrogens is 264 g/mol. The maximum absolute atomic E-state index is 5.43. The Morgan fingerprint density at radius 3 is 2.57 bits per heavy atom. The van der Waals surface area contributed by atoms with Gasteiger partial charge < -0.3 is 15.4 Å². The lowest BCUT2D eigenvalue weighted by Crippen LogP contribution is -2.06. The molecule has 21 heavy (non-hydrogen) atoms. The molecule has 0 atom stereocenters. The second kappa shape index (κ2) is 7.47. The summed E-state index contributed by atoms with van der Waals surface area (Å²) in [5.74, 6) is 2.33. The van der Waals surface area contributed by atoms with Crippen LogP contribution < -0.4 is 15.4 Å². The number of hydrogen-bond acceptors (Lipinski definition) is 5. The first-order valence-corrected chi connectivity index (χ1v) is 7.30. The van der Waals surface area contributed by atoms with E-state index in [1.807, 2.05) is 44.3 Å². The highest BCUT2D eigenvalue weighted by atomic mass is 16.5. The fourth-order valence-corrected chi connectivity index (χ4v) is 1.83. The minimum Gasteiger partial charge on any atom is -0.494 e. The lowest BCUT2D eigenvalue weighted by atomic mass is 10.3. The molecule has 1 aromatic heterocycles. The Kier molecular flexibility index (Phi) is 5.37. The molecule has 1 heterocycles. The molecule has 0 saturated carbocycles. The summed E-state index contributed by atoms with van der Waals surface area (Å²) in [4.78, 5) is 8.77. The highest BCUT2D eigenvalue weighted by Gasteiger charge is 2.04. The molecule has 2 N–H and O–H groups in total. The molecule has 0 radical (unpaired) electrons. The zero-order chi connectivity index (χ0) is 15.1. The van der Waals surface area contributed by atoms with Crippen molar-refractivity contribution >= 4 is 17.5 Å². The van der Waals surface area contributed by atoms with Gasteiger partial charge >= 0.3 is 0 Å². The van der Waals surface area contributed by atoms with Gasteiger partial charge in [-0.25, -0.2) is 4.98 Å². The summed E-state index contributed by atoms with van der Waals surface area (Å²) >= 11 is 0. The number of hydrogen-bond donors (Lipinski definition) is 2. The topological polar surface area (TPSA) is 59.1 Å². The largest absolute Gasteiger partial charge is 0.494 e. The third-order valence-corrected chi connectivity index (χ3v) is 2.93. The number of nitrogens with one attached hydrogen (secondary N) is 2. The molecule has 0 amide bonds. The van der Waals surface area contributed by atoms with Crippen molar-refractivity contribution in [3.8, 4) is 5.75 Å². The predicted octanol–water partition coefficient (Wildman–Crippen LogP) is 3.75. The van der Waals surface area contributed by atoms with Crippen molar-refractivity contribution in [3.63, 3.8) is 0 Å². The summed E-state index contributed by atoms with van der Waals surface area (Å²) in [6, 6.07) is 7.84. The molecule has 0 aliphatic heterocycles. The molecular formula is C16H22N4O. The Morgan fingerprint density at radius 2 is 1.90 bits per heavy atom. The number of aromatic nitrogens is 2. The highest BCUT2D eigenvalue weighted by Crippen LogP contribution is 2.21. The van der Waals surface area contributed by atoms with Crippen molar-refractivity contribution in [2.24, 2.45) is 0 Å². The van der Waals surface area contributed by atoms with Crippen LogP contribution in [0.4, 0.5) is 17.5 Å². The van der Waals surface area contributed by atoms with Crippen molar-refractivity contribution < 1.29 is 4.74 Å². The van der Waals surface area contributed by atoms with E-state index in [9.17, 15) is 0 Å². The standard InChI is InChI=1S/C16H22N4O/c1-4-10-17-16-18-11-12(3)15(20-16)19-13-6-8-14(9-7-13)21-5-2/h6-9,11H,4-5,10H2,1-3H3,(H2,17,18,19,20). The summed E-state index contributed by atoms with van der Waals surface area (Å²) in [5, 5.41) is 6.50. The molecule has 2 rings (SSSR count). The Bertz CT molecular complexity index is 569. The summed E-state index contributed by atoms with van der Waals surface area (Å²) in [5.41, 5.74) is 1.98. The Labute approximate surface area is 125 Å². The molecule has 0 bridgehead atoms. The molecule has 0 spiro atoms. The van der Waals surface area contributed by atoms with Crippen molar-refractivity contribution in [1.29, 1.82) is 0 Å². The monoisotopic (exact) mass is 286 g/mol. The van der Waals surface area contributed by atoms with E-state index in [4.69, 9.17) is 4.74 Å². The number of rotatable bonds is 7. The fourth-order valence-electron chi connectivity index (χ4n) is 1.83. The van der Waals surface area contributed by atoms with Crippen LogP contribution in [0, 0.1) is 6.92 Å². The number of nitrogens with zero attached hydrogens (tertiary/aromatic N) is 2. The van der Waals surface area contributed by atoms with E-state index in [0.29, 0.717) is 12.6 Å². The Morgan fingerprint density at radius 1 is 1.14 bits per heavy atom. The van der Waals surface area contributed by atoms with E-state index in [2.05, 4.69) is 27.5 Å². The summed E-state index contributed by atoms with van der Waals surface area (Å²) < 4.78 is 5.43. The van der Waals surface area contributed by atoms with Gasteiger partial charge in [0.25, 0.3) is 0 Å². The molecule has 0 fully saturated rings. The molecule has 0 saturated heterocycles. The molecule has 5 heteroatoms. The molecule has 0 aliphatic rings. The van der Waals surface area contributed by atoms with Gasteiger partial charge in [0.2, 0.25) is 5.95 Å². The first-order chi connectivity index (χ1) is 10.2. The number of benzene rings is 1. The zero-order valence-corrected chi connectivity index (χ0v) is 12.8. The van der Waals surface area contributed by atoms with Gasteiger partial charge in [-0.3, -0.25) is 0 Å². The lowest BCUT2D eigenvalue weighted by Gasteiger charge is -2.11. The van der Waals surface area contributed by atoms with Crippen LogP contribution in [0.15, 0.2) is 30.5 Å². The van der Waals surface area contributed by atoms with Gasteiger partial charge in [0, 0.05) is 24.0 Å². The van der Waals surface area contributed by atoms with Crippen LogP contribution >= 0.6 is 0 Å². The maximum Gasteiger partial charge on any atom is 0.224 e. The predicted molar refractivity (Wildman–Crippen MR) is 86.4 cm³/mol. The Balaban J connectivity index is 2.10. The minimum atomic E-state index is 0.649. The van der Waals surface area contributed by atoms with Gasteiger partial charge in [0.1, 0.15) is 11.6 Å². The number of ether oxygens (including phenoxy) is 1. The van der Waals surface area contributed by atoms with Crippen LogP contribution in [0.5, 0.6) is 5.75 Å². The van der Waals surface area contributed by atoms with Crippen molar-refractivity contribution in [1.82, 2.24) is 9.97 Å². The number of anilines is 3.